The molecule has 72 valence electrons. The molecule has 0 bridgehead atoms. The van der Waals surface area contributed by atoms with Gasteiger partial charge in [-0.1, -0.05) is 0 Å². The number of nitrogens with zero attached hydrogens (tertiary/aromatic N) is 2. The van der Waals surface area contributed by atoms with Gasteiger partial charge in [0.15, 0.2) is 0 Å². The van der Waals surface area contributed by atoms with Crippen molar-refractivity contribution in [1.82, 2.24) is 9.78 Å². The maximum atomic E-state index is 5.90. The van der Waals surface area contributed by atoms with Crippen molar-refractivity contribution in [2.24, 2.45) is 5.73 Å². The Morgan fingerprint density at radius 3 is 3.08 bits per heavy atom. The molecule has 1 aromatic heterocycles. The van der Waals surface area contributed by atoms with Gasteiger partial charge in [-0.15, -0.1) is 0 Å². The first-order valence-corrected chi connectivity index (χ1v) is 5.03. The van der Waals surface area contributed by atoms with Crippen LogP contribution in [0, 0.1) is 6.92 Å². The second kappa shape index (κ2) is 3.14. The third-order valence-electron chi connectivity index (χ3n) is 2.93. The lowest BCUT2D eigenvalue weighted by Gasteiger charge is -2.16. The lowest BCUT2D eigenvalue weighted by molar-refractivity contribution is 0.562. The van der Waals surface area contributed by atoms with E-state index in [1.54, 1.807) is 0 Å². The average molecular weight is 179 g/mol. The number of fused-ring (bicyclic) bond motifs is 1. The summed E-state index contributed by atoms with van der Waals surface area (Å²) >= 11 is 0. The van der Waals surface area contributed by atoms with Gasteiger partial charge < -0.3 is 5.73 Å². The summed E-state index contributed by atoms with van der Waals surface area (Å²) < 4.78 is 2.09. The Labute approximate surface area is 78.9 Å². The number of hydrogen-bond acceptors (Lipinski definition) is 2. The van der Waals surface area contributed by atoms with E-state index >= 15 is 0 Å². The Balaban J connectivity index is 2.39. The number of aromatic nitrogens is 2. The van der Waals surface area contributed by atoms with Crippen molar-refractivity contribution >= 4 is 0 Å². The minimum atomic E-state index is 0.326. The maximum absolute atomic E-state index is 5.90. The molecule has 1 atom stereocenters. The van der Waals surface area contributed by atoms with E-state index in [4.69, 9.17) is 5.73 Å². The van der Waals surface area contributed by atoms with Crippen LogP contribution in [-0.4, -0.2) is 15.8 Å². The smallest absolute Gasteiger partial charge is 0.0674 e. The maximum Gasteiger partial charge on any atom is 0.0674 e. The van der Waals surface area contributed by atoms with Crippen LogP contribution < -0.4 is 5.73 Å². The summed E-state index contributed by atoms with van der Waals surface area (Å²) in [5.74, 6) is 0. The minimum Gasteiger partial charge on any atom is -0.327 e. The third kappa shape index (κ3) is 1.37. The molecule has 1 aliphatic carbocycles. The Morgan fingerprint density at radius 2 is 2.38 bits per heavy atom. The van der Waals surface area contributed by atoms with Crippen LogP contribution in [0.25, 0.3) is 0 Å². The molecule has 1 aromatic rings. The first-order valence-electron chi connectivity index (χ1n) is 5.03. The normalized spacial score (nSPS) is 21.6. The summed E-state index contributed by atoms with van der Waals surface area (Å²) in [6, 6.07) is 0.326. The largest absolute Gasteiger partial charge is 0.327 e. The highest BCUT2D eigenvalue weighted by atomic mass is 15.3. The van der Waals surface area contributed by atoms with Gasteiger partial charge in [0.2, 0.25) is 0 Å². The average Bonchev–Trinajstić information content (AvgIpc) is 2.42. The fourth-order valence-corrected chi connectivity index (χ4v) is 2.12. The van der Waals surface area contributed by atoms with Crippen molar-refractivity contribution in [2.75, 3.05) is 0 Å². The highest BCUT2D eigenvalue weighted by molar-refractivity contribution is 5.28. The number of rotatable bonds is 1. The van der Waals surface area contributed by atoms with E-state index in [0.29, 0.717) is 6.04 Å². The number of nitrogens with two attached hydrogens (primary N) is 1. The second-order valence-corrected chi connectivity index (χ2v) is 3.83. The van der Waals surface area contributed by atoms with E-state index in [1.807, 2.05) is 0 Å². The fourth-order valence-electron chi connectivity index (χ4n) is 2.12. The van der Waals surface area contributed by atoms with Gasteiger partial charge >= 0.3 is 0 Å². The van der Waals surface area contributed by atoms with Crippen LogP contribution in [0.1, 0.15) is 30.3 Å². The summed E-state index contributed by atoms with van der Waals surface area (Å²) in [5, 5.41) is 4.56. The van der Waals surface area contributed by atoms with Crippen LogP contribution in [0.3, 0.4) is 0 Å². The van der Waals surface area contributed by atoms with E-state index in [2.05, 4.69) is 23.6 Å². The van der Waals surface area contributed by atoms with Gasteiger partial charge in [-0.3, -0.25) is 4.68 Å². The van der Waals surface area contributed by atoms with Gasteiger partial charge in [-0.25, -0.2) is 0 Å². The lowest BCUT2D eigenvalue weighted by atomic mass is 9.93. The summed E-state index contributed by atoms with van der Waals surface area (Å²) in [5.41, 5.74) is 9.92. The summed E-state index contributed by atoms with van der Waals surface area (Å²) in [4.78, 5) is 0. The van der Waals surface area contributed by atoms with Gasteiger partial charge in [0.05, 0.1) is 5.69 Å². The molecule has 3 heteroatoms. The van der Waals surface area contributed by atoms with Gasteiger partial charge in [0.1, 0.15) is 0 Å². The van der Waals surface area contributed by atoms with Crippen molar-refractivity contribution in [3.8, 4) is 0 Å². The zero-order valence-electron chi connectivity index (χ0n) is 8.38. The summed E-state index contributed by atoms with van der Waals surface area (Å²) in [6.45, 7) is 5.26. The predicted molar refractivity (Wildman–Crippen MR) is 52.6 cm³/mol. The molecule has 1 aliphatic rings. The predicted octanol–water partition coefficient (Wildman–Crippen LogP) is 1.03. The number of aryl methyl sites for hydroxylation is 1. The molecule has 0 amide bonds. The van der Waals surface area contributed by atoms with Crippen molar-refractivity contribution in [1.29, 1.82) is 0 Å². The van der Waals surface area contributed by atoms with Crippen molar-refractivity contribution in [3.05, 3.63) is 17.0 Å². The molecule has 2 rings (SSSR count). The molecule has 0 aromatic carbocycles. The van der Waals surface area contributed by atoms with E-state index in [9.17, 15) is 0 Å². The Bertz CT molecular complexity index is 314. The molecule has 0 spiro atoms. The summed E-state index contributed by atoms with van der Waals surface area (Å²) in [6.07, 6.45) is 3.19. The molecule has 0 radical (unpaired) electrons. The van der Waals surface area contributed by atoms with Gasteiger partial charge in [0.25, 0.3) is 0 Å². The highest BCUT2D eigenvalue weighted by Crippen LogP contribution is 2.22. The lowest BCUT2D eigenvalue weighted by Crippen LogP contribution is -2.27. The van der Waals surface area contributed by atoms with Gasteiger partial charge in [-0.2, -0.15) is 5.10 Å². The first kappa shape index (κ1) is 8.75. The van der Waals surface area contributed by atoms with Gasteiger partial charge in [-0.05, 0) is 32.3 Å². The van der Waals surface area contributed by atoms with E-state index < -0.39 is 0 Å². The van der Waals surface area contributed by atoms with Crippen molar-refractivity contribution in [2.45, 2.75) is 45.7 Å². The first-order chi connectivity index (χ1) is 6.22. The molecule has 1 unspecified atom stereocenters. The number of hydrogen-bond donors (Lipinski definition) is 1. The highest BCUT2D eigenvalue weighted by Gasteiger charge is 2.21. The minimum absolute atomic E-state index is 0.326. The van der Waals surface area contributed by atoms with E-state index in [-0.39, 0.29) is 0 Å². The molecule has 0 fully saturated rings. The fraction of sp³-hybridized carbons (Fsp3) is 0.700. The topological polar surface area (TPSA) is 43.8 Å². The Morgan fingerprint density at radius 1 is 1.62 bits per heavy atom. The van der Waals surface area contributed by atoms with Crippen LogP contribution in [-0.2, 0) is 19.4 Å². The van der Waals surface area contributed by atoms with Crippen LogP contribution >= 0.6 is 0 Å². The molecular formula is C10H17N3. The van der Waals surface area contributed by atoms with Gasteiger partial charge in [0, 0.05) is 24.7 Å². The molecule has 1 heterocycles. The molecule has 0 saturated heterocycles. The van der Waals surface area contributed by atoms with E-state index in [0.717, 1.165) is 25.8 Å². The SMILES string of the molecule is CCn1nc2c(c1C)CCC(N)C2. The standard InChI is InChI=1S/C10H17N3/c1-3-13-7(2)9-5-4-8(11)6-10(9)12-13/h8H,3-6,11H2,1-2H3. The molecule has 0 aliphatic heterocycles. The van der Waals surface area contributed by atoms with Crippen LogP contribution in [0.15, 0.2) is 0 Å². The second-order valence-electron chi connectivity index (χ2n) is 3.83. The molecule has 0 saturated carbocycles. The molecular weight excluding hydrogens is 162 g/mol. The summed E-state index contributed by atoms with van der Waals surface area (Å²) in [7, 11) is 0. The zero-order valence-corrected chi connectivity index (χ0v) is 8.38. The molecule has 2 N–H and O–H groups in total. The van der Waals surface area contributed by atoms with Crippen LogP contribution in [0.5, 0.6) is 0 Å². The van der Waals surface area contributed by atoms with Crippen LogP contribution in [0.4, 0.5) is 0 Å². The quantitative estimate of drug-likeness (QED) is 0.699. The van der Waals surface area contributed by atoms with Crippen molar-refractivity contribution < 1.29 is 0 Å². The molecule has 13 heavy (non-hydrogen) atoms. The van der Waals surface area contributed by atoms with Crippen LogP contribution in [0.2, 0.25) is 0 Å². The Hall–Kier alpha value is -0.830. The molecule has 3 nitrogen and oxygen atoms in total. The van der Waals surface area contributed by atoms with Crippen molar-refractivity contribution in [3.63, 3.8) is 0 Å². The third-order valence-corrected chi connectivity index (χ3v) is 2.93. The zero-order chi connectivity index (χ0) is 9.42. The monoisotopic (exact) mass is 179 g/mol. The Kier molecular flexibility index (Phi) is 2.12. The van der Waals surface area contributed by atoms with E-state index in [1.165, 1.54) is 17.0 Å².